The molecule has 1 unspecified atom stereocenters. The molecule has 164 valence electrons. The fourth-order valence-corrected chi connectivity index (χ4v) is 5.70. The second-order valence-electron chi connectivity index (χ2n) is 8.39. The highest BCUT2D eigenvalue weighted by Crippen LogP contribution is 2.40. The number of carbonyl (C=O) groups is 1. The molecule has 2 aliphatic heterocycles. The van der Waals surface area contributed by atoms with Gasteiger partial charge in [0.25, 0.3) is 0 Å². The highest BCUT2D eigenvalue weighted by molar-refractivity contribution is 8.00. The van der Waals surface area contributed by atoms with Crippen LogP contribution in [-0.2, 0) is 24.2 Å². The lowest BCUT2D eigenvalue weighted by Gasteiger charge is -2.32. The van der Waals surface area contributed by atoms with E-state index in [4.69, 9.17) is 4.74 Å². The van der Waals surface area contributed by atoms with Gasteiger partial charge in [-0.15, -0.1) is 11.8 Å². The van der Waals surface area contributed by atoms with Crippen LogP contribution in [0.2, 0.25) is 0 Å². The number of carbonyl (C=O) groups excluding carboxylic acids is 1. The van der Waals surface area contributed by atoms with Gasteiger partial charge in [-0.3, -0.25) is 4.79 Å². The van der Waals surface area contributed by atoms with Gasteiger partial charge < -0.3 is 15.0 Å². The van der Waals surface area contributed by atoms with Gasteiger partial charge in [-0.1, -0.05) is 60.7 Å². The molecule has 4 nitrogen and oxygen atoms in total. The van der Waals surface area contributed by atoms with E-state index in [0.29, 0.717) is 18.2 Å². The summed E-state index contributed by atoms with van der Waals surface area (Å²) >= 11 is 1.98. The minimum Gasteiger partial charge on any atom is -0.495 e. The molecular formula is C27H28N2O2S. The van der Waals surface area contributed by atoms with Crippen molar-refractivity contribution in [1.29, 1.82) is 0 Å². The van der Waals surface area contributed by atoms with Crippen LogP contribution >= 0.6 is 11.8 Å². The number of rotatable bonds is 6. The van der Waals surface area contributed by atoms with E-state index in [2.05, 4.69) is 59.9 Å². The third kappa shape index (κ3) is 4.27. The Labute approximate surface area is 194 Å². The average molecular weight is 445 g/mol. The van der Waals surface area contributed by atoms with Gasteiger partial charge in [-0.05, 0) is 46.7 Å². The first-order valence-corrected chi connectivity index (χ1v) is 12.2. The standard InChI is InChI=1S/C27H28N2O2S/c1-31-25-13-11-22(15-23-16-28-18-32-23)24-12-14-26(30)29(27(24)25)17-19-7-9-21(10-8-19)20-5-3-2-4-6-20/h2-11,13,23,28H,12,14-18H2,1H3. The second-order valence-corrected chi connectivity index (χ2v) is 9.68. The van der Waals surface area contributed by atoms with E-state index in [1.807, 2.05) is 28.8 Å². The molecule has 32 heavy (non-hydrogen) atoms. The van der Waals surface area contributed by atoms with Crippen LogP contribution in [-0.4, -0.2) is 30.7 Å². The maximum absolute atomic E-state index is 13.0. The Balaban J connectivity index is 1.44. The van der Waals surface area contributed by atoms with Crippen molar-refractivity contribution in [3.8, 4) is 16.9 Å². The van der Waals surface area contributed by atoms with Crippen LogP contribution in [0.1, 0.15) is 23.1 Å². The van der Waals surface area contributed by atoms with E-state index in [1.165, 1.54) is 22.3 Å². The van der Waals surface area contributed by atoms with Gasteiger partial charge in [-0.25, -0.2) is 0 Å². The molecule has 0 saturated carbocycles. The number of ether oxygens (including phenoxy) is 1. The Kier molecular flexibility index (Phi) is 6.19. The molecule has 1 fully saturated rings. The van der Waals surface area contributed by atoms with E-state index in [0.717, 1.165) is 42.3 Å². The van der Waals surface area contributed by atoms with Crippen LogP contribution in [0, 0.1) is 0 Å². The lowest BCUT2D eigenvalue weighted by Crippen LogP contribution is -2.35. The molecule has 0 radical (unpaired) electrons. The summed E-state index contributed by atoms with van der Waals surface area (Å²) in [5.74, 6) is 1.97. The molecule has 1 N–H and O–H groups in total. The van der Waals surface area contributed by atoms with E-state index < -0.39 is 0 Å². The summed E-state index contributed by atoms with van der Waals surface area (Å²) in [5.41, 5.74) is 7.08. The third-order valence-electron chi connectivity index (χ3n) is 6.36. The fourth-order valence-electron chi connectivity index (χ4n) is 4.69. The molecule has 5 rings (SSSR count). The molecule has 1 amide bonds. The highest BCUT2D eigenvalue weighted by atomic mass is 32.2. The number of fused-ring (bicyclic) bond motifs is 1. The summed E-state index contributed by atoms with van der Waals surface area (Å²) < 4.78 is 5.72. The summed E-state index contributed by atoms with van der Waals surface area (Å²) in [6.45, 7) is 1.60. The SMILES string of the molecule is COc1ccc(CC2CNCS2)c2c1N(Cc1ccc(-c3ccccc3)cc1)C(=O)CC2. The molecule has 0 aromatic heterocycles. The number of hydrogen-bond acceptors (Lipinski definition) is 4. The Morgan fingerprint density at radius 3 is 2.50 bits per heavy atom. The van der Waals surface area contributed by atoms with Crippen LogP contribution in [0.5, 0.6) is 5.75 Å². The second kappa shape index (κ2) is 9.39. The van der Waals surface area contributed by atoms with Gasteiger partial charge in [0.05, 0.1) is 19.3 Å². The molecule has 1 saturated heterocycles. The van der Waals surface area contributed by atoms with Gasteiger partial charge in [0.1, 0.15) is 5.75 Å². The van der Waals surface area contributed by atoms with Crippen molar-refractivity contribution in [3.63, 3.8) is 0 Å². The van der Waals surface area contributed by atoms with E-state index in [1.54, 1.807) is 7.11 Å². The maximum Gasteiger partial charge on any atom is 0.227 e. The molecule has 3 aromatic carbocycles. The number of methoxy groups -OCH3 is 1. The molecule has 0 spiro atoms. The van der Waals surface area contributed by atoms with E-state index in [-0.39, 0.29) is 5.91 Å². The number of benzene rings is 3. The van der Waals surface area contributed by atoms with Crippen molar-refractivity contribution in [2.24, 2.45) is 0 Å². The Morgan fingerprint density at radius 1 is 1.00 bits per heavy atom. The van der Waals surface area contributed by atoms with Gasteiger partial charge in [0, 0.05) is 24.1 Å². The van der Waals surface area contributed by atoms with Crippen LogP contribution in [0.25, 0.3) is 11.1 Å². The molecule has 2 heterocycles. The van der Waals surface area contributed by atoms with Crippen molar-refractivity contribution in [3.05, 3.63) is 83.4 Å². The number of thioether (sulfide) groups is 1. The predicted octanol–water partition coefficient (Wildman–Crippen LogP) is 5.05. The minimum absolute atomic E-state index is 0.164. The zero-order valence-corrected chi connectivity index (χ0v) is 19.2. The summed E-state index contributed by atoms with van der Waals surface area (Å²) in [6.07, 6.45) is 2.36. The van der Waals surface area contributed by atoms with Crippen molar-refractivity contribution < 1.29 is 9.53 Å². The lowest BCUT2D eigenvalue weighted by molar-refractivity contribution is -0.119. The van der Waals surface area contributed by atoms with E-state index in [9.17, 15) is 4.79 Å². The molecule has 0 aliphatic carbocycles. The van der Waals surface area contributed by atoms with Crippen LogP contribution in [0.4, 0.5) is 5.69 Å². The number of nitrogens with zero attached hydrogens (tertiary/aromatic N) is 1. The average Bonchev–Trinajstić information content (AvgIpc) is 3.35. The zero-order valence-electron chi connectivity index (χ0n) is 18.3. The quantitative estimate of drug-likeness (QED) is 0.578. The molecule has 3 aromatic rings. The first kappa shape index (κ1) is 21.1. The van der Waals surface area contributed by atoms with Crippen molar-refractivity contribution in [2.45, 2.75) is 31.1 Å². The minimum atomic E-state index is 0.164. The number of anilines is 1. The van der Waals surface area contributed by atoms with Gasteiger partial charge in [0.15, 0.2) is 0 Å². The summed E-state index contributed by atoms with van der Waals surface area (Å²) in [7, 11) is 1.69. The highest BCUT2D eigenvalue weighted by Gasteiger charge is 2.30. The maximum atomic E-state index is 13.0. The predicted molar refractivity (Wildman–Crippen MR) is 132 cm³/mol. The normalized spacial score (nSPS) is 18.0. The smallest absolute Gasteiger partial charge is 0.227 e. The molecule has 5 heteroatoms. The molecule has 1 atom stereocenters. The van der Waals surface area contributed by atoms with Crippen LogP contribution < -0.4 is 15.0 Å². The fraction of sp³-hybridized carbons (Fsp3) is 0.296. The van der Waals surface area contributed by atoms with Crippen molar-refractivity contribution >= 4 is 23.4 Å². The Hall–Kier alpha value is -2.76. The number of nitrogens with one attached hydrogen (secondary N) is 1. The first-order chi connectivity index (χ1) is 15.7. The number of hydrogen-bond donors (Lipinski definition) is 1. The Morgan fingerprint density at radius 2 is 1.78 bits per heavy atom. The zero-order chi connectivity index (χ0) is 21.9. The largest absolute Gasteiger partial charge is 0.495 e. The molecular weight excluding hydrogens is 416 g/mol. The summed E-state index contributed by atoms with van der Waals surface area (Å²) in [4.78, 5) is 15.0. The molecule has 0 bridgehead atoms. The van der Waals surface area contributed by atoms with Crippen LogP contribution in [0.15, 0.2) is 66.7 Å². The van der Waals surface area contributed by atoms with Crippen LogP contribution in [0.3, 0.4) is 0 Å². The van der Waals surface area contributed by atoms with E-state index >= 15 is 0 Å². The van der Waals surface area contributed by atoms with Gasteiger partial charge in [-0.2, -0.15) is 0 Å². The first-order valence-electron chi connectivity index (χ1n) is 11.2. The van der Waals surface area contributed by atoms with Crippen molar-refractivity contribution in [1.82, 2.24) is 5.32 Å². The third-order valence-corrected chi connectivity index (χ3v) is 7.54. The van der Waals surface area contributed by atoms with Gasteiger partial charge in [0.2, 0.25) is 5.91 Å². The van der Waals surface area contributed by atoms with Gasteiger partial charge >= 0.3 is 0 Å². The number of amides is 1. The topological polar surface area (TPSA) is 41.6 Å². The summed E-state index contributed by atoms with van der Waals surface area (Å²) in [6, 6.07) is 23.1. The monoisotopic (exact) mass is 444 g/mol. The Bertz CT molecular complexity index is 1090. The molecule has 2 aliphatic rings. The summed E-state index contributed by atoms with van der Waals surface area (Å²) in [5, 5.41) is 4.02. The lowest BCUT2D eigenvalue weighted by atomic mass is 9.92. The van der Waals surface area contributed by atoms with Crippen molar-refractivity contribution in [2.75, 3.05) is 24.4 Å².